The zero-order valence-electron chi connectivity index (χ0n) is 25.3. The van der Waals surface area contributed by atoms with E-state index in [1.54, 1.807) is 32.6 Å². The van der Waals surface area contributed by atoms with E-state index in [-0.39, 0.29) is 37.7 Å². The Morgan fingerprint density at radius 1 is 0.977 bits per heavy atom. The van der Waals surface area contributed by atoms with Crippen molar-refractivity contribution >= 4 is 43.0 Å². The smallest absolute Gasteiger partial charge is 0.419 e. The molecule has 2 N–H and O–H groups in total. The molecule has 1 saturated heterocycles. The molecule has 0 radical (unpaired) electrons. The molecule has 44 heavy (non-hydrogen) atoms. The molecule has 1 fully saturated rings. The van der Waals surface area contributed by atoms with Crippen molar-refractivity contribution < 1.29 is 41.0 Å². The Morgan fingerprint density at radius 3 is 2.16 bits per heavy atom. The number of carboxylic acid groups (broad SMARTS) is 1. The lowest BCUT2D eigenvalue weighted by molar-refractivity contribution is -0.143. The molecule has 2 heterocycles. The van der Waals surface area contributed by atoms with E-state index in [1.807, 2.05) is 24.3 Å². The molecule has 0 spiro atoms. The molecule has 1 atom stereocenters. The van der Waals surface area contributed by atoms with Crippen molar-refractivity contribution in [1.82, 2.24) is 18.5 Å². The number of aromatic nitrogens is 1. The summed E-state index contributed by atoms with van der Waals surface area (Å²) < 4.78 is 66.2. The fraction of sp³-hybridized carbons (Fsp3) is 0.448. The number of carbonyl (C=O) groups excluding carboxylic acids is 1. The summed E-state index contributed by atoms with van der Waals surface area (Å²) in [5, 5.41) is 10.5. The summed E-state index contributed by atoms with van der Waals surface area (Å²) in [4.78, 5) is 26.4. The summed E-state index contributed by atoms with van der Waals surface area (Å²) in [5.74, 6) is -0.822. The van der Waals surface area contributed by atoms with Crippen molar-refractivity contribution in [3.05, 3.63) is 59.8 Å². The molecule has 0 aliphatic carbocycles. The van der Waals surface area contributed by atoms with Gasteiger partial charge in [0.05, 0.1) is 16.7 Å². The van der Waals surface area contributed by atoms with Crippen LogP contribution in [0, 0.1) is 6.92 Å². The minimum atomic E-state index is -4.06. The molecule has 4 rings (SSSR count). The zero-order valence-corrected chi connectivity index (χ0v) is 26.9. The van der Waals surface area contributed by atoms with Crippen LogP contribution in [-0.2, 0) is 36.2 Å². The Morgan fingerprint density at radius 2 is 1.59 bits per heavy atom. The molecular weight excluding hydrogens is 612 g/mol. The zero-order chi connectivity index (χ0) is 32.4. The largest absolute Gasteiger partial charge is 0.489 e. The molecule has 240 valence electrons. The SMILES string of the molecule is Cc1c(COc2ccc(S(=O)(=O)NCC(C(=O)O)N3CCN(S(C)(=O)=O)CC3)cc2)c2ccccc2n1C(=O)OC(C)(C)C. The van der Waals surface area contributed by atoms with Gasteiger partial charge in [-0.25, -0.2) is 30.9 Å². The molecule has 2 aromatic carbocycles. The molecule has 15 heteroatoms. The highest BCUT2D eigenvalue weighted by Crippen LogP contribution is 2.28. The average Bonchev–Trinajstić information content (AvgIpc) is 3.21. The van der Waals surface area contributed by atoms with Gasteiger partial charge in [0.15, 0.2) is 0 Å². The molecular formula is C29H38N4O9S2. The number of benzene rings is 2. The number of carboxylic acids is 1. The van der Waals surface area contributed by atoms with Crippen molar-refractivity contribution in [2.75, 3.05) is 39.0 Å². The number of rotatable bonds is 10. The number of aliphatic carboxylic acids is 1. The van der Waals surface area contributed by atoms with Crippen molar-refractivity contribution in [3.63, 3.8) is 0 Å². The van der Waals surface area contributed by atoms with Gasteiger partial charge in [0.1, 0.15) is 24.0 Å². The lowest BCUT2D eigenvalue weighted by Crippen LogP contribution is -2.56. The quantitative estimate of drug-likeness (QED) is 0.333. The lowest BCUT2D eigenvalue weighted by Gasteiger charge is -2.36. The summed E-state index contributed by atoms with van der Waals surface area (Å²) >= 11 is 0. The van der Waals surface area contributed by atoms with E-state index in [0.29, 0.717) is 17.0 Å². The van der Waals surface area contributed by atoms with Crippen LogP contribution in [0.3, 0.4) is 0 Å². The van der Waals surface area contributed by atoms with Crippen LogP contribution < -0.4 is 9.46 Å². The Hall–Kier alpha value is -3.50. The molecule has 0 amide bonds. The first-order valence-electron chi connectivity index (χ1n) is 13.9. The van der Waals surface area contributed by atoms with E-state index in [0.717, 1.165) is 17.2 Å². The van der Waals surface area contributed by atoms with Crippen LogP contribution in [0.1, 0.15) is 32.0 Å². The molecule has 0 bridgehead atoms. The number of nitrogens with one attached hydrogen (secondary N) is 1. The first kappa shape index (κ1) is 33.4. The van der Waals surface area contributed by atoms with Crippen LogP contribution in [0.4, 0.5) is 4.79 Å². The molecule has 1 unspecified atom stereocenters. The topological polar surface area (TPSA) is 165 Å². The van der Waals surface area contributed by atoms with Crippen LogP contribution in [0.15, 0.2) is 53.4 Å². The highest BCUT2D eigenvalue weighted by molar-refractivity contribution is 7.89. The van der Waals surface area contributed by atoms with E-state index < -0.39 is 50.3 Å². The van der Waals surface area contributed by atoms with Crippen LogP contribution in [-0.4, -0.2) is 98.4 Å². The van der Waals surface area contributed by atoms with Gasteiger partial charge >= 0.3 is 12.1 Å². The second kappa shape index (κ2) is 12.9. The van der Waals surface area contributed by atoms with E-state index >= 15 is 0 Å². The molecule has 13 nitrogen and oxygen atoms in total. The number of piperazine rings is 1. The predicted octanol–water partition coefficient (Wildman–Crippen LogP) is 2.62. The predicted molar refractivity (Wildman–Crippen MR) is 164 cm³/mol. The lowest BCUT2D eigenvalue weighted by atomic mass is 10.1. The van der Waals surface area contributed by atoms with Gasteiger partial charge in [0.2, 0.25) is 20.0 Å². The van der Waals surface area contributed by atoms with Gasteiger partial charge < -0.3 is 14.6 Å². The highest BCUT2D eigenvalue weighted by atomic mass is 32.2. The third-order valence-electron chi connectivity index (χ3n) is 7.27. The van der Waals surface area contributed by atoms with Gasteiger partial charge in [-0.1, -0.05) is 18.2 Å². The van der Waals surface area contributed by atoms with Crippen LogP contribution in [0.2, 0.25) is 0 Å². The molecule has 3 aromatic rings. The number of ether oxygens (including phenoxy) is 2. The van der Waals surface area contributed by atoms with Crippen LogP contribution >= 0.6 is 0 Å². The minimum Gasteiger partial charge on any atom is -0.489 e. The van der Waals surface area contributed by atoms with Crippen LogP contribution in [0.25, 0.3) is 10.9 Å². The Kier molecular flexibility index (Phi) is 9.75. The Labute approximate surface area is 257 Å². The average molecular weight is 651 g/mol. The first-order chi connectivity index (χ1) is 20.5. The van der Waals surface area contributed by atoms with Gasteiger partial charge in [0.25, 0.3) is 0 Å². The summed E-state index contributed by atoms with van der Waals surface area (Å²) in [5.41, 5.74) is 1.45. The van der Waals surface area contributed by atoms with Crippen molar-refractivity contribution in [3.8, 4) is 5.75 Å². The number of carbonyl (C=O) groups is 2. The number of nitrogens with zero attached hydrogens (tertiary/aromatic N) is 3. The fourth-order valence-electron chi connectivity index (χ4n) is 5.02. The van der Waals surface area contributed by atoms with Crippen molar-refractivity contribution in [2.24, 2.45) is 0 Å². The van der Waals surface area contributed by atoms with E-state index in [1.165, 1.54) is 33.1 Å². The van der Waals surface area contributed by atoms with Gasteiger partial charge in [-0.3, -0.25) is 9.69 Å². The number of fused-ring (bicyclic) bond motifs is 1. The second-order valence-electron chi connectivity index (χ2n) is 11.6. The van der Waals surface area contributed by atoms with E-state index in [4.69, 9.17) is 9.47 Å². The third kappa shape index (κ3) is 7.77. The van der Waals surface area contributed by atoms with Crippen molar-refractivity contribution in [1.29, 1.82) is 0 Å². The molecule has 1 aromatic heterocycles. The summed E-state index contributed by atoms with van der Waals surface area (Å²) in [6.45, 7) is 7.48. The number of hydrogen-bond donors (Lipinski definition) is 2. The first-order valence-corrected chi connectivity index (χ1v) is 17.3. The van der Waals surface area contributed by atoms with Gasteiger partial charge in [0, 0.05) is 49.4 Å². The monoisotopic (exact) mass is 650 g/mol. The highest BCUT2D eigenvalue weighted by Gasteiger charge is 2.32. The van der Waals surface area contributed by atoms with Gasteiger partial charge in [-0.15, -0.1) is 0 Å². The standard InChI is InChI=1S/C29H38N4O9S2/c1-20-24(23-8-6-7-9-25(23)33(20)28(36)42-29(2,3)4)19-41-21-10-12-22(13-11-21)44(39,40)30-18-26(27(34)35)31-14-16-32(17-15-31)43(5,37)38/h6-13,26,30H,14-19H2,1-5H3,(H,34,35). The number of para-hydroxylation sites is 1. The van der Waals surface area contributed by atoms with E-state index in [9.17, 15) is 31.5 Å². The van der Waals surface area contributed by atoms with Crippen molar-refractivity contribution in [2.45, 2.75) is 50.8 Å². The molecule has 1 aliphatic heterocycles. The fourth-order valence-corrected chi connectivity index (χ4v) is 6.89. The molecule has 1 aliphatic rings. The van der Waals surface area contributed by atoms with Crippen LogP contribution in [0.5, 0.6) is 5.75 Å². The summed E-state index contributed by atoms with van der Waals surface area (Å²) in [6.07, 6.45) is 0.592. The maximum absolute atomic E-state index is 13.0. The number of hydrogen-bond acceptors (Lipinski definition) is 9. The maximum atomic E-state index is 13.0. The maximum Gasteiger partial charge on any atom is 0.419 e. The summed E-state index contributed by atoms with van der Waals surface area (Å²) in [7, 11) is -7.45. The van der Waals surface area contributed by atoms with Gasteiger partial charge in [-0.05, 0) is 58.0 Å². The second-order valence-corrected chi connectivity index (χ2v) is 15.3. The third-order valence-corrected chi connectivity index (χ3v) is 10.0. The van der Waals surface area contributed by atoms with E-state index in [2.05, 4.69) is 4.72 Å². The normalized spacial score (nSPS) is 16.1. The number of sulfonamides is 2. The van der Waals surface area contributed by atoms with Gasteiger partial charge in [-0.2, -0.15) is 4.31 Å². The minimum absolute atomic E-state index is 0.0754. The Balaban J connectivity index is 1.42. The summed E-state index contributed by atoms with van der Waals surface area (Å²) in [6, 6.07) is 11.9. The Bertz CT molecular complexity index is 1740. The molecule has 0 saturated carbocycles.